The van der Waals surface area contributed by atoms with Crippen LogP contribution >= 0.6 is 11.3 Å². The van der Waals surface area contributed by atoms with Gasteiger partial charge >= 0.3 is 0 Å². The summed E-state index contributed by atoms with van der Waals surface area (Å²) in [5.74, 6) is 0.603. The molecule has 0 aliphatic heterocycles. The lowest BCUT2D eigenvalue weighted by atomic mass is 10.1. The van der Waals surface area contributed by atoms with Gasteiger partial charge in [-0.25, -0.2) is 4.98 Å². The molecule has 0 spiro atoms. The molecule has 2 aromatic carbocycles. The predicted molar refractivity (Wildman–Crippen MR) is 129 cm³/mol. The van der Waals surface area contributed by atoms with Crippen LogP contribution in [0.5, 0.6) is 17.2 Å². The highest BCUT2D eigenvalue weighted by Crippen LogP contribution is 2.29. The monoisotopic (exact) mass is 485 g/mol. The smallest absolute Gasteiger partial charge is 0.257 e. The number of methoxy groups -OCH3 is 2. The van der Waals surface area contributed by atoms with Crippen molar-refractivity contribution in [2.45, 2.75) is 19.6 Å². The standard InChI is InChI=1S/C24H27N3O6S/c1-4-21(31-3)33-20-14-17(23(29)27-24-26-9-11-34-24)13-19(15-20)32-18-7-5-6-16(12-18)22(28)25-8-10-30-2/h5-7,9,11-15,21H,4,8,10H2,1-3H3,(H,25,28)(H,26,27,29). The third-order valence-electron chi connectivity index (χ3n) is 4.58. The highest BCUT2D eigenvalue weighted by Gasteiger charge is 2.15. The molecule has 0 aliphatic carbocycles. The Bertz CT molecular complexity index is 1090. The van der Waals surface area contributed by atoms with Gasteiger partial charge in [0, 0.05) is 56.0 Å². The first-order chi connectivity index (χ1) is 16.5. The van der Waals surface area contributed by atoms with Gasteiger partial charge in [-0.3, -0.25) is 14.9 Å². The maximum Gasteiger partial charge on any atom is 0.257 e. The minimum absolute atomic E-state index is 0.242. The average molecular weight is 486 g/mol. The normalized spacial score (nSPS) is 11.5. The third kappa shape index (κ3) is 7.27. The number of ether oxygens (including phenoxy) is 4. The summed E-state index contributed by atoms with van der Waals surface area (Å²) in [6.07, 6.45) is 1.74. The molecule has 10 heteroatoms. The summed E-state index contributed by atoms with van der Waals surface area (Å²) in [4.78, 5) is 29.2. The van der Waals surface area contributed by atoms with Crippen LogP contribution in [0, 0.1) is 0 Å². The number of nitrogens with one attached hydrogen (secondary N) is 2. The second kappa shape index (κ2) is 12.7. The Morgan fingerprint density at radius 1 is 1.03 bits per heavy atom. The van der Waals surface area contributed by atoms with E-state index in [0.717, 1.165) is 0 Å². The van der Waals surface area contributed by atoms with Crippen LogP contribution in [0.15, 0.2) is 54.0 Å². The first kappa shape index (κ1) is 25.2. The summed E-state index contributed by atoms with van der Waals surface area (Å²) in [6.45, 7) is 2.74. The highest BCUT2D eigenvalue weighted by molar-refractivity contribution is 7.13. The van der Waals surface area contributed by atoms with Gasteiger partial charge in [-0.15, -0.1) is 11.3 Å². The predicted octanol–water partition coefficient (Wildman–Crippen LogP) is 4.33. The van der Waals surface area contributed by atoms with E-state index in [-0.39, 0.29) is 11.8 Å². The van der Waals surface area contributed by atoms with Crippen LogP contribution in [-0.2, 0) is 9.47 Å². The van der Waals surface area contributed by atoms with E-state index >= 15 is 0 Å². The Morgan fingerprint density at radius 2 is 1.82 bits per heavy atom. The van der Waals surface area contributed by atoms with E-state index in [9.17, 15) is 9.59 Å². The van der Waals surface area contributed by atoms with Crippen LogP contribution in [-0.4, -0.2) is 50.5 Å². The average Bonchev–Trinajstić information content (AvgIpc) is 3.35. The summed E-state index contributed by atoms with van der Waals surface area (Å²) >= 11 is 1.31. The van der Waals surface area contributed by atoms with E-state index in [4.69, 9.17) is 18.9 Å². The molecule has 2 amide bonds. The Hall–Kier alpha value is -3.47. The van der Waals surface area contributed by atoms with E-state index in [1.165, 1.54) is 11.3 Å². The number of rotatable bonds is 12. The lowest BCUT2D eigenvalue weighted by Crippen LogP contribution is -2.26. The van der Waals surface area contributed by atoms with Crippen molar-refractivity contribution in [3.8, 4) is 17.2 Å². The molecule has 3 aromatic rings. The lowest BCUT2D eigenvalue weighted by Gasteiger charge is -2.17. The topological polar surface area (TPSA) is 108 Å². The van der Waals surface area contributed by atoms with Crippen LogP contribution in [0.1, 0.15) is 34.1 Å². The van der Waals surface area contributed by atoms with Crippen LogP contribution < -0.4 is 20.1 Å². The van der Waals surface area contributed by atoms with Gasteiger partial charge in [0.2, 0.25) is 0 Å². The third-order valence-corrected chi connectivity index (χ3v) is 5.27. The molecule has 3 rings (SSSR count). The first-order valence-corrected chi connectivity index (χ1v) is 11.5. The van der Waals surface area contributed by atoms with Gasteiger partial charge in [0.15, 0.2) is 11.4 Å². The molecule has 1 unspecified atom stereocenters. The number of carbonyl (C=O) groups is 2. The lowest BCUT2D eigenvalue weighted by molar-refractivity contribution is -0.0549. The van der Waals surface area contributed by atoms with E-state index in [1.54, 1.807) is 68.3 Å². The van der Waals surface area contributed by atoms with Crippen LogP contribution in [0.4, 0.5) is 5.13 Å². The molecular weight excluding hydrogens is 458 g/mol. The molecule has 0 fully saturated rings. The van der Waals surface area contributed by atoms with Crippen molar-refractivity contribution in [1.82, 2.24) is 10.3 Å². The summed E-state index contributed by atoms with van der Waals surface area (Å²) in [6, 6.07) is 11.6. The van der Waals surface area contributed by atoms with Gasteiger partial charge in [0.25, 0.3) is 11.8 Å². The summed E-state index contributed by atoms with van der Waals surface area (Å²) in [5, 5.41) is 7.77. The maximum absolute atomic E-state index is 12.8. The molecule has 9 nitrogen and oxygen atoms in total. The van der Waals surface area contributed by atoms with Gasteiger partial charge in [-0.1, -0.05) is 13.0 Å². The van der Waals surface area contributed by atoms with Crippen molar-refractivity contribution in [1.29, 1.82) is 0 Å². The quantitative estimate of drug-likeness (QED) is 0.290. The van der Waals surface area contributed by atoms with Crippen LogP contribution in [0.2, 0.25) is 0 Å². The number of nitrogens with zero attached hydrogens (tertiary/aromatic N) is 1. The Balaban J connectivity index is 1.84. The number of hydrogen-bond acceptors (Lipinski definition) is 8. The summed E-state index contributed by atoms with van der Waals surface area (Å²) in [7, 11) is 3.12. The van der Waals surface area contributed by atoms with E-state index in [0.29, 0.717) is 53.1 Å². The zero-order valence-corrected chi connectivity index (χ0v) is 20.0. The van der Waals surface area contributed by atoms with Gasteiger partial charge in [-0.2, -0.15) is 0 Å². The molecule has 2 N–H and O–H groups in total. The zero-order valence-electron chi connectivity index (χ0n) is 19.2. The molecule has 1 atom stereocenters. The van der Waals surface area contributed by atoms with Gasteiger partial charge in [-0.05, 0) is 30.3 Å². The van der Waals surface area contributed by atoms with Crippen molar-refractivity contribution in [2.75, 3.05) is 32.7 Å². The minimum Gasteiger partial charge on any atom is -0.465 e. The molecule has 0 bridgehead atoms. The molecule has 0 radical (unpaired) electrons. The summed E-state index contributed by atoms with van der Waals surface area (Å²) in [5.41, 5.74) is 0.760. The van der Waals surface area contributed by atoms with Crippen molar-refractivity contribution in [3.63, 3.8) is 0 Å². The molecule has 0 saturated heterocycles. The number of thiazole rings is 1. The van der Waals surface area contributed by atoms with E-state index < -0.39 is 6.29 Å². The second-order valence-corrected chi connectivity index (χ2v) is 7.95. The highest BCUT2D eigenvalue weighted by atomic mass is 32.1. The first-order valence-electron chi connectivity index (χ1n) is 10.6. The Kier molecular flexibility index (Phi) is 9.39. The molecule has 0 aliphatic rings. The number of benzene rings is 2. The number of hydrogen-bond donors (Lipinski definition) is 2. The second-order valence-electron chi connectivity index (χ2n) is 7.05. The fourth-order valence-corrected chi connectivity index (χ4v) is 3.46. The Morgan fingerprint density at radius 3 is 2.53 bits per heavy atom. The molecule has 1 aromatic heterocycles. The SMILES string of the molecule is CCC(OC)Oc1cc(Oc2cccc(C(=O)NCCOC)c2)cc(C(=O)Nc2nccs2)c1. The number of aromatic nitrogens is 1. The Labute approximate surface area is 202 Å². The number of carbonyl (C=O) groups excluding carboxylic acids is 2. The summed E-state index contributed by atoms with van der Waals surface area (Å²) < 4.78 is 22.1. The minimum atomic E-state index is -0.482. The van der Waals surface area contributed by atoms with Gasteiger partial charge < -0.3 is 24.3 Å². The number of amides is 2. The van der Waals surface area contributed by atoms with Gasteiger partial charge in [0.05, 0.1) is 6.61 Å². The molecule has 180 valence electrons. The number of anilines is 1. The van der Waals surface area contributed by atoms with E-state index in [2.05, 4.69) is 15.6 Å². The molecular formula is C24H27N3O6S. The molecule has 1 heterocycles. The zero-order chi connectivity index (χ0) is 24.3. The maximum atomic E-state index is 12.8. The molecule has 34 heavy (non-hydrogen) atoms. The fourth-order valence-electron chi connectivity index (χ4n) is 2.94. The van der Waals surface area contributed by atoms with Crippen molar-refractivity contribution >= 4 is 28.3 Å². The van der Waals surface area contributed by atoms with Crippen molar-refractivity contribution in [2.24, 2.45) is 0 Å². The molecule has 0 saturated carbocycles. The van der Waals surface area contributed by atoms with E-state index in [1.807, 2.05) is 6.92 Å². The van der Waals surface area contributed by atoms with Crippen molar-refractivity contribution < 1.29 is 28.5 Å². The van der Waals surface area contributed by atoms with Gasteiger partial charge in [0.1, 0.15) is 17.2 Å². The van der Waals surface area contributed by atoms with Crippen LogP contribution in [0.25, 0.3) is 0 Å². The largest absolute Gasteiger partial charge is 0.465 e. The fraction of sp³-hybridized carbons (Fsp3) is 0.292. The van der Waals surface area contributed by atoms with Crippen molar-refractivity contribution in [3.05, 3.63) is 65.2 Å². The van der Waals surface area contributed by atoms with Crippen LogP contribution in [0.3, 0.4) is 0 Å².